The lowest BCUT2D eigenvalue weighted by Crippen LogP contribution is -2.38. The van der Waals surface area contributed by atoms with Gasteiger partial charge in [0.05, 0.1) is 13.0 Å². The van der Waals surface area contributed by atoms with Gasteiger partial charge in [0.1, 0.15) is 6.54 Å². The summed E-state index contributed by atoms with van der Waals surface area (Å²) in [6.07, 6.45) is 0.230. The molecule has 112 valence electrons. The minimum atomic E-state index is -1.09. The quantitative estimate of drug-likeness (QED) is 0.789. The van der Waals surface area contributed by atoms with Gasteiger partial charge in [-0.15, -0.1) is 0 Å². The second kappa shape index (κ2) is 6.36. The van der Waals surface area contributed by atoms with Gasteiger partial charge in [0, 0.05) is 24.9 Å². The molecule has 21 heavy (non-hydrogen) atoms. The first-order chi connectivity index (χ1) is 10.0. The van der Waals surface area contributed by atoms with Crippen molar-refractivity contribution >= 4 is 23.5 Å². The van der Waals surface area contributed by atoms with Crippen molar-refractivity contribution < 1.29 is 24.2 Å². The Morgan fingerprint density at radius 3 is 2.86 bits per heavy atom. The first-order valence-electron chi connectivity index (χ1n) is 6.44. The molecular weight excluding hydrogens is 276 g/mol. The monoisotopic (exact) mass is 292 g/mol. The Hall–Kier alpha value is -2.41. The van der Waals surface area contributed by atoms with Crippen LogP contribution in [0.25, 0.3) is 0 Å². The van der Waals surface area contributed by atoms with Crippen molar-refractivity contribution in [1.82, 2.24) is 4.90 Å². The summed E-state index contributed by atoms with van der Waals surface area (Å²) in [5.74, 6) is -1.59. The number of aliphatic carboxylic acids is 1. The minimum Gasteiger partial charge on any atom is -0.480 e. The molecule has 0 aromatic heterocycles. The number of fused-ring (bicyclic) bond motifs is 1. The second-order valence-electron chi connectivity index (χ2n) is 4.71. The minimum absolute atomic E-state index is 0.114. The van der Waals surface area contributed by atoms with E-state index in [9.17, 15) is 14.4 Å². The second-order valence-corrected chi connectivity index (χ2v) is 4.71. The Morgan fingerprint density at radius 2 is 2.19 bits per heavy atom. The smallest absolute Gasteiger partial charge is 0.323 e. The molecule has 1 aromatic rings. The third kappa shape index (κ3) is 3.57. The van der Waals surface area contributed by atoms with E-state index in [0.717, 1.165) is 5.56 Å². The van der Waals surface area contributed by atoms with Crippen LogP contribution >= 0.6 is 0 Å². The molecule has 2 amide bonds. The number of carbonyl (C=O) groups excluding carboxylic acids is 2. The molecule has 1 aliphatic heterocycles. The topological polar surface area (TPSA) is 95.9 Å². The van der Waals surface area contributed by atoms with E-state index in [1.165, 1.54) is 12.0 Å². The van der Waals surface area contributed by atoms with E-state index in [-0.39, 0.29) is 25.5 Å². The maximum absolute atomic E-state index is 12.4. The summed E-state index contributed by atoms with van der Waals surface area (Å²) in [5, 5.41) is 11.6. The van der Waals surface area contributed by atoms with Crippen molar-refractivity contribution in [1.29, 1.82) is 0 Å². The number of benzene rings is 1. The number of nitrogens with one attached hydrogen (secondary N) is 1. The molecule has 0 fully saturated rings. The lowest BCUT2D eigenvalue weighted by Gasteiger charge is -2.20. The largest absolute Gasteiger partial charge is 0.480 e. The summed E-state index contributed by atoms with van der Waals surface area (Å²) in [4.78, 5) is 35.7. The van der Waals surface area contributed by atoms with E-state index in [1.807, 2.05) is 0 Å². The van der Waals surface area contributed by atoms with E-state index in [2.05, 4.69) is 5.32 Å². The number of rotatable bonds is 6. The Labute approximate surface area is 121 Å². The molecule has 1 aliphatic rings. The first-order valence-corrected chi connectivity index (χ1v) is 6.44. The Morgan fingerprint density at radius 1 is 1.43 bits per heavy atom. The number of hydrogen-bond acceptors (Lipinski definition) is 4. The Kier molecular flexibility index (Phi) is 4.54. The van der Waals surface area contributed by atoms with Crippen LogP contribution in [-0.4, -0.2) is 54.6 Å². The number of carbonyl (C=O) groups is 3. The number of nitrogens with zero attached hydrogens (tertiary/aromatic N) is 1. The fraction of sp³-hybridized carbons (Fsp3) is 0.357. The van der Waals surface area contributed by atoms with E-state index < -0.39 is 18.4 Å². The van der Waals surface area contributed by atoms with Gasteiger partial charge in [0.15, 0.2) is 0 Å². The number of methoxy groups -OCH3 is 1. The number of hydrogen-bond donors (Lipinski definition) is 2. The molecule has 0 radical (unpaired) electrons. The van der Waals surface area contributed by atoms with Gasteiger partial charge in [0.25, 0.3) is 5.91 Å². The highest BCUT2D eigenvalue weighted by Gasteiger charge is 2.22. The molecule has 0 saturated carbocycles. The molecular formula is C14H16N2O5. The molecule has 0 saturated heterocycles. The van der Waals surface area contributed by atoms with Crippen LogP contribution in [0.3, 0.4) is 0 Å². The van der Waals surface area contributed by atoms with Crippen LogP contribution < -0.4 is 5.32 Å². The fourth-order valence-electron chi connectivity index (χ4n) is 2.16. The van der Waals surface area contributed by atoms with Crippen molar-refractivity contribution in [3.63, 3.8) is 0 Å². The average Bonchev–Trinajstić information content (AvgIpc) is 2.81. The van der Waals surface area contributed by atoms with Crippen LogP contribution in [0.2, 0.25) is 0 Å². The summed E-state index contributed by atoms with van der Waals surface area (Å²) in [7, 11) is 1.48. The lowest BCUT2D eigenvalue weighted by atomic mass is 10.1. The predicted molar refractivity (Wildman–Crippen MR) is 74.2 cm³/mol. The molecule has 2 rings (SSSR count). The van der Waals surface area contributed by atoms with E-state index in [0.29, 0.717) is 11.3 Å². The Balaban J connectivity index is 2.18. The lowest BCUT2D eigenvalue weighted by molar-refractivity contribution is -0.137. The van der Waals surface area contributed by atoms with Gasteiger partial charge in [-0.2, -0.15) is 0 Å². The summed E-state index contributed by atoms with van der Waals surface area (Å²) >= 11 is 0. The highest BCUT2D eigenvalue weighted by Crippen LogP contribution is 2.24. The summed E-state index contributed by atoms with van der Waals surface area (Å²) < 4.78 is 4.89. The zero-order valence-electron chi connectivity index (χ0n) is 11.6. The zero-order chi connectivity index (χ0) is 15.4. The van der Waals surface area contributed by atoms with Gasteiger partial charge in [0.2, 0.25) is 5.91 Å². The van der Waals surface area contributed by atoms with Crippen molar-refractivity contribution in [2.45, 2.75) is 6.42 Å². The van der Waals surface area contributed by atoms with E-state index in [4.69, 9.17) is 9.84 Å². The average molecular weight is 292 g/mol. The van der Waals surface area contributed by atoms with Gasteiger partial charge < -0.3 is 20.1 Å². The molecule has 7 heteroatoms. The van der Waals surface area contributed by atoms with Crippen LogP contribution in [0.15, 0.2) is 18.2 Å². The molecule has 0 aliphatic carbocycles. The van der Waals surface area contributed by atoms with Crippen LogP contribution in [-0.2, 0) is 20.7 Å². The predicted octanol–water partition coefficient (Wildman–Crippen LogP) is 0.354. The van der Waals surface area contributed by atoms with E-state index >= 15 is 0 Å². The zero-order valence-corrected chi connectivity index (χ0v) is 11.6. The maximum atomic E-state index is 12.4. The van der Waals surface area contributed by atoms with Crippen LogP contribution in [0, 0.1) is 0 Å². The Bertz CT molecular complexity index is 585. The van der Waals surface area contributed by atoms with Crippen molar-refractivity contribution in [2.75, 3.05) is 32.1 Å². The highest BCUT2D eigenvalue weighted by molar-refractivity contribution is 6.02. The van der Waals surface area contributed by atoms with Crippen molar-refractivity contribution in [3.8, 4) is 0 Å². The molecule has 0 unspecified atom stereocenters. The highest BCUT2D eigenvalue weighted by atomic mass is 16.5. The molecule has 7 nitrogen and oxygen atoms in total. The molecule has 0 atom stereocenters. The number of ether oxygens (including phenoxy) is 1. The first kappa shape index (κ1) is 15.0. The third-order valence-electron chi connectivity index (χ3n) is 3.16. The maximum Gasteiger partial charge on any atom is 0.323 e. The number of anilines is 1. The number of carboxylic acid groups (broad SMARTS) is 1. The number of carboxylic acids is 1. The van der Waals surface area contributed by atoms with Crippen LogP contribution in [0.1, 0.15) is 15.9 Å². The van der Waals surface area contributed by atoms with Gasteiger partial charge in [-0.3, -0.25) is 14.4 Å². The summed E-state index contributed by atoms with van der Waals surface area (Å²) in [6.45, 7) is 0.0519. The van der Waals surface area contributed by atoms with Gasteiger partial charge in [-0.1, -0.05) is 0 Å². The summed E-state index contributed by atoms with van der Waals surface area (Å²) in [6, 6.07) is 4.86. The van der Waals surface area contributed by atoms with E-state index in [1.54, 1.807) is 18.2 Å². The molecule has 1 heterocycles. The SMILES string of the molecule is COCCN(CC(=O)O)C(=O)c1ccc2c(c1)CC(=O)N2. The van der Waals surface area contributed by atoms with Crippen LogP contribution in [0.4, 0.5) is 5.69 Å². The molecule has 1 aromatic carbocycles. The van der Waals surface area contributed by atoms with Crippen molar-refractivity contribution in [2.24, 2.45) is 0 Å². The normalized spacial score (nSPS) is 12.7. The molecule has 0 bridgehead atoms. The third-order valence-corrected chi connectivity index (χ3v) is 3.16. The fourth-order valence-corrected chi connectivity index (χ4v) is 2.16. The van der Waals surface area contributed by atoms with Gasteiger partial charge in [-0.05, 0) is 23.8 Å². The molecule has 0 spiro atoms. The van der Waals surface area contributed by atoms with Crippen molar-refractivity contribution in [3.05, 3.63) is 29.3 Å². The van der Waals surface area contributed by atoms with Gasteiger partial charge >= 0.3 is 5.97 Å². The van der Waals surface area contributed by atoms with Crippen LogP contribution in [0.5, 0.6) is 0 Å². The standard InChI is InChI=1S/C14H16N2O5/c1-21-5-4-16(8-13(18)19)14(20)9-2-3-11-10(6-9)7-12(17)15-11/h2-3,6H,4-5,7-8H2,1H3,(H,15,17)(H,18,19). The molecule has 2 N–H and O–H groups in total. The van der Waals surface area contributed by atoms with Gasteiger partial charge in [-0.25, -0.2) is 0 Å². The summed E-state index contributed by atoms with van der Waals surface area (Å²) in [5.41, 5.74) is 1.80. The number of amides is 2.